The molecule has 6 nitrogen and oxygen atoms in total. The molecule has 0 aliphatic rings. The Bertz CT molecular complexity index is 1080. The average Bonchev–Trinajstić information content (AvgIpc) is 2.80. The normalized spacial score (nSPS) is 12.6. The Morgan fingerprint density at radius 2 is 1.00 bits per heavy atom. The molecule has 2 unspecified atom stereocenters. The highest BCUT2D eigenvalue weighted by Crippen LogP contribution is 2.31. The molecule has 0 N–H and O–H groups in total. The van der Waals surface area contributed by atoms with Crippen molar-refractivity contribution in [2.45, 2.75) is 27.7 Å². The van der Waals surface area contributed by atoms with Crippen LogP contribution in [-0.4, -0.2) is 26.9 Å². The van der Waals surface area contributed by atoms with Crippen LogP contribution in [-0.2, 0) is 9.13 Å². The van der Waals surface area contributed by atoms with Crippen LogP contribution in [0.2, 0.25) is 0 Å². The largest absolute Gasteiger partial charge is 0.496 e. The second kappa shape index (κ2) is 11.6. The van der Waals surface area contributed by atoms with Gasteiger partial charge in [0.2, 0.25) is 0 Å². The van der Waals surface area contributed by atoms with E-state index >= 15 is 0 Å². The van der Waals surface area contributed by atoms with E-state index in [1.165, 1.54) is 0 Å². The SMILES string of the molecule is COc1c(C)cc([PH](=O)COc2c[c]cc(OC[PH](=O)c3cc(C)c(OC)c(C)c3)c2)cc1C. The monoisotopic (exact) mass is 501 g/mol. The molecule has 0 saturated heterocycles. The van der Waals surface area contributed by atoms with Gasteiger partial charge in [0.05, 0.1) is 14.2 Å². The lowest BCUT2D eigenvalue weighted by Gasteiger charge is -2.13. The number of methoxy groups -OCH3 is 2. The molecular formula is C26H31O6P2. The summed E-state index contributed by atoms with van der Waals surface area (Å²) < 4.78 is 47.9. The van der Waals surface area contributed by atoms with Crippen molar-refractivity contribution in [2.24, 2.45) is 0 Å². The maximum Gasteiger partial charge on any atom is 0.142 e. The standard InChI is InChI=1S/C26H31O6P2/c1-17-10-23(11-18(2)25(17)29-5)33(27)15-31-21-8-7-9-22(14-21)32-16-34(28)24-12-19(3)26(30-6)20(4)13-24/h8-14,33-34H,15-16H2,1-6H3. The maximum absolute atomic E-state index is 12.8. The van der Waals surface area contributed by atoms with Gasteiger partial charge in [-0.2, -0.15) is 0 Å². The molecule has 2 atom stereocenters. The van der Waals surface area contributed by atoms with Crippen molar-refractivity contribution in [1.29, 1.82) is 0 Å². The molecule has 0 aromatic heterocycles. The first-order chi connectivity index (χ1) is 16.2. The Balaban J connectivity index is 1.61. The molecule has 1 radical (unpaired) electrons. The molecule has 181 valence electrons. The number of rotatable bonds is 10. The van der Waals surface area contributed by atoms with Gasteiger partial charge in [-0.25, -0.2) is 0 Å². The van der Waals surface area contributed by atoms with E-state index in [0.29, 0.717) is 11.5 Å². The van der Waals surface area contributed by atoms with Crippen LogP contribution in [0.15, 0.2) is 42.5 Å². The van der Waals surface area contributed by atoms with Crippen molar-refractivity contribution in [3.8, 4) is 23.0 Å². The lowest BCUT2D eigenvalue weighted by atomic mass is 10.1. The number of aryl methyl sites for hydroxylation is 4. The quantitative estimate of drug-likeness (QED) is 0.357. The predicted molar refractivity (Wildman–Crippen MR) is 138 cm³/mol. The van der Waals surface area contributed by atoms with Gasteiger partial charge in [-0.15, -0.1) is 0 Å². The molecular weight excluding hydrogens is 470 g/mol. The molecule has 0 heterocycles. The number of benzene rings is 3. The second-order valence-corrected chi connectivity index (χ2v) is 11.5. The highest BCUT2D eigenvalue weighted by atomic mass is 31.1. The average molecular weight is 501 g/mol. The van der Waals surface area contributed by atoms with E-state index in [2.05, 4.69) is 6.07 Å². The maximum atomic E-state index is 12.8. The highest BCUT2D eigenvalue weighted by Gasteiger charge is 2.13. The predicted octanol–water partition coefficient (Wildman–Crippen LogP) is 5.18. The molecule has 3 aromatic rings. The summed E-state index contributed by atoms with van der Waals surface area (Å²) in [6.07, 6.45) is 0.127. The van der Waals surface area contributed by atoms with E-state index in [4.69, 9.17) is 18.9 Å². The molecule has 3 aromatic carbocycles. The van der Waals surface area contributed by atoms with E-state index in [9.17, 15) is 9.13 Å². The first-order valence-corrected chi connectivity index (χ1v) is 14.1. The first kappa shape index (κ1) is 25.9. The zero-order valence-electron chi connectivity index (χ0n) is 20.4. The third-order valence-electron chi connectivity index (χ3n) is 5.45. The fourth-order valence-electron chi connectivity index (χ4n) is 3.93. The van der Waals surface area contributed by atoms with Gasteiger partial charge in [0.25, 0.3) is 0 Å². The van der Waals surface area contributed by atoms with Crippen LogP contribution in [0, 0.1) is 33.8 Å². The van der Waals surface area contributed by atoms with E-state index in [0.717, 1.165) is 44.4 Å². The minimum Gasteiger partial charge on any atom is -0.496 e. The van der Waals surface area contributed by atoms with Crippen LogP contribution in [0.4, 0.5) is 0 Å². The summed E-state index contributed by atoms with van der Waals surface area (Å²) in [6.45, 7) is 7.73. The van der Waals surface area contributed by atoms with Crippen LogP contribution in [0.5, 0.6) is 23.0 Å². The summed E-state index contributed by atoms with van der Waals surface area (Å²) in [5.41, 5.74) is 3.77. The summed E-state index contributed by atoms with van der Waals surface area (Å²) in [5, 5.41) is 1.50. The third-order valence-corrected chi connectivity index (χ3v) is 8.13. The molecule has 0 aliphatic heterocycles. The smallest absolute Gasteiger partial charge is 0.142 e. The van der Waals surface area contributed by atoms with Crippen LogP contribution < -0.4 is 29.6 Å². The lowest BCUT2D eigenvalue weighted by Crippen LogP contribution is -2.07. The Kier molecular flexibility index (Phi) is 8.88. The molecule has 0 bridgehead atoms. The van der Waals surface area contributed by atoms with Gasteiger partial charge < -0.3 is 28.1 Å². The summed E-state index contributed by atoms with van der Waals surface area (Å²) in [4.78, 5) is 0. The van der Waals surface area contributed by atoms with Gasteiger partial charge in [-0.05, 0) is 92.4 Å². The Morgan fingerprint density at radius 3 is 1.32 bits per heavy atom. The highest BCUT2D eigenvalue weighted by molar-refractivity contribution is 7.53. The van der Waals surface area contributed by atoms with Crippen LogP contribution in [0.25, 0.3) is 0 Å². The van der Waals surface area contributed by atoms with Crippen molar-refractivity contribution in [3.63, 3.8) is 0 Å². The van der Waals surface area contributed by atoms with E-state index in [1.54, 1.807) is 32.4 Å². The second-order valence-electron chi connectivity index (χ2n) is 8.11. The van der Waals surface area contributed by atoms with Crippen LogP contribution in [0.1, 0.15) is 22.3 Å². The molecule has 0 amide bonds. The van der Waals surface area contributed by atoms with Gasteiger partial charge in [0, 0.05) is 16.7 Å². The minimum atomic E-state index is -2.16. The van der Waals surface area contributed by atoms with E-state index in [1.807, 2.05) is 52.0 Å². The van der Waals surface area contributed by atoms with Gasteiger partial charge in [0.15, 0.2) is 0 Å². The molecule has 3 rings (SSSR count). The topological polar surface area (TPSA) is 71.1 Å². The van der Waals surface area contributed by atoms with Crippen molar-refractivity contribution in [3.05, 3.63) is 70.8 Å². The third kappa shape index (κ3) is 6.25. The molecule has 8 heteroatoms. The van der Waals surface area contributed by atoms with Crippen LogP contribution in [0.3, 0.4) is 0 Å². The summed E-state index contributed by atoms with van der Waals surface area (Å²) >= 11 is 0. The Morgan fingerprint density at radius 1 is 0.647 bits per heavy atom. The van der Waals surface area contributed by atoms with E-state index < -0.39 is 15.6 Å². The number of hydrogen-bond acceptors (Lipinski definition) is 6. The van der Waals surface area contributed by atoms with Gasteiger partial charge in [0.1, 0.15) is 51.3 Å². The molecule has 0 aliphatic carbocycles. The number of ether oxygens (including phenoxy) is 4. The van der Waals surface area contributed by atoms with Crippen molar-refractivity contribution in [1.82, 2.24) is 0 Å². The van der Waals surface area contributed by atoms with Gasteiger partial charge in [-0.3, -0.25) is 0 Å². The zero-order valence-corrected chi connectivity index (χ0v) is 22.4. The Labute approximate surface area is 202 Å². The molecule has 0 saturated carbocycles. The van der Waals surface area contributed by atoms with E-state index in [-0.39, 0.29) is 12.7 Å². The fraction of sp³-hybridized carbons (Fsp3) is 0.308. The summed E-state index contributed by atoms with van der Waals surface area (Å²) in [6, 6.07) is 15.5. The van der Waals surface area contributed by atoms with Crippen LogP contribution >= 0.6 is 15.6 Å². The summed E-state index contributed by atoms with van der Waals surface area (Å²) in [7, 11) is -1.06. The minimum absolute atomic E-state index is 0.0637. The summed E-state index contributed by atoms with van der Waals surface area (Å²) in [5.74, 6) is 2.60. The van der Waals surface area contributed by atoms with Gasteiger partial charge in [-0.1, -0.05) is 0 Å². The van der Waals surface area contributed by atoms with Crippen molar-refractivity contribution in [2.75, 3.05) is 26.9 Å². The Hall–Kier alpha value is -2.68. The fourth-order valence-corrected chi connectivity index (χ4v) is 6.37. The molecule has 0 fully saturated rings. The van der Waals surface area contributed by atoms with Gasteiger partial charge >= 0.3 is 0 Å². The zero-order chi connectivity index (χ0) is 24.8. The molecule has 34 heavy (non-hydrogen) atoms. The van der Waals surface area contributed by atoms with Crippen molar-refractivity contribution >= 4 is 26.2 Å². The number of hydrogen-bond donors (Lipinski definition) is 0. The molecule has 0 spiro atoms. The first-order valence-electron chi connectivity index (χ1n) is 10.9. The lowest BCUT2D eigenvalue weighted by molar-refractivity contribution is 0.363. The van der Waals surface area contributed by atoms with Crippen molar-refractivity contribution < 1.29 is 28.1 Å².